The van der Waals surface area contributed by atoms with Crippen LogP contribution in [0.5, 0.6) is 0 Å². The molecule has 1 N–H and O–H groups in total. The van der Waals surface area contributed by atoms with Crippen LogP contribution in [-0.4, -0.2) is 10.7 Å². The fraction of sp³-hybridized carbons (Fsp3) is 1.00. The van der Waals surface area contributed by atoms with Gasteiger partial charge in [0, 0.05) is 0 Å². The van der Waals surface area contributed by atoms with Crippen molar-refractivity contribution in [1.82, 2.24) is 0 Å². The second-order valence-electron chi connectivity index (χ2n) is 5.50. The van der Waals surface area contributed by atoms with Gasteiger partial charge in [-0.3, -0.25) is 0 Å². The summed E-state index contributed by atoms with van der Waals surface area (Å²) in [5.41, 5.74) is -0.370. The van der Waals surface area contributed by atoms with Crippen molar-refractivity contribution in [2.45, 2.75) is 52.1 Å². The molecule has 5 atom stereocenters. The molecule has 0 aromatic rings. The van der Waals surface area contributed by atoms with E-state index in [-0.39, 0.29) is 5.60 Å². The Morgan fingerprint density at radius 1 is 1.38 bits per heavy atom. The fourth-order valence-corrected chi connectivity index (χ4v) is 3.69. The van der Waals surface area contributed by atoms with Crippen LogP contribution in [0.4, 0.5) is 0 Å². The van der Waals surface area contributed by atoms with Crippen LogP contribution in [0.3, 0.4) is 0 Å². The Balaban J connectivity index is 1.94. The number of fused-ring (bicyclic) bond motifs is 1. The molecule has 1 nitrogen and oxygen atoms in total. The molecule has 0 bridgehead atoms. The van der Waals surface area contributed by atoms with Gasteiger partial charge in [0.2, 0.25) is 0 Å². The summed E-state index contributed by atoms with van der Waals surface area (Å²) in [7, 11) is 0. The predicted octanol–water partition coefficient (Wildman–Crippen LogP) is 2.83. The van der Waals surface area contributed by atoms with Crippen molar-refractivity contribution in [1.29, 1.82) is 0 Å². The molecule has 0 heterocycles. The largest absolute Gasteiger partial charge is 0.390 e. The molecular formula is C12H22O. The first-order valence-corrected chi connectivity index (χ1v) is 5.78. The lowest BCUT2D eigenvalue weighted by Crippen LogP contribution is -2.58. The Bertz CT molecular complexity index is 193. The van der Waals surface area contributed by atoms with Crippen molar-refractivity contribution in [2.75, 3.05) is 0 Å². The van der Waals surface area contributed by atoms with E-state index >= 15 is 0 Å². The van der Waals surface area contributed by atoms with Crippen LogP contribution in [0.1, 0.15) is 46.5 Å². The third-order valence-corrected chi connectivity index (χ3v) is 4.45. The van der Waals surface area contributed by atoms with Crippen LogP contribution in [0, 0.1) is 23.7 Å². The minimum absolute atomic E-state index is 0.370. The molecule has 0 amide bonds. The molecule has 0 aromatic heterocycles. The van der Waals surface area contributed by atoms with E-state index in [1.807, 2.05) is 6.92 Å². The summed E-state index contributed by atoms with van der Waals surface area (Å²) in [6.45, 7) is 6.55. The Kier molecular flexibility index (Phi) is 2.18. The third-order valence-electron chi connectivity index (χ3n) is 4.45. The molecule has 1 heteroatoms. The lowest BCUT2D eigenvalue weighted by atomic mass is 9.45. The van der Waals surface area contributed by atoms with Gasteiger partial charge in [0.05, 0.1) is 5.60 Å². The van der Waals surface area contributed by atoms with E-state index < -0.39 is 0 Å². The zero-order valence-corrected chi connectivity index (χ0v) is 9.09. The molecular weight excluding hydrogens is 160 g/mol. The molecule has 2 saturated carbocycles. The minimum atomic E-state index is -0.370. The molecule has 2 aliphatic carbocycles. The van der Waals surface area contributed by atoms with Crippen LogP contribution in [-0.2, 0) is 0 Å². The second kappa shape index (κ2) is 2.98. The second-order valence-corrected chi connectivity index (χ2v) is 5.50. The van der Waals surface area contributed by atoms with E-state index in [1.165, 1.54) is 12.8 Å². The van der Waals surface area contributed by atoms with Crippen molar-refractivity contribution < 1.29 is 5.11 Å². The first kappa shape index (κ1) is 9.51. The highest BCUT2D eigenvalue weighted by Crippen LogP contribution is 2.61. The molecule has 0 spiro atoms. The molecule has 0 aliphatic heterocycles. The van der Waals surface area contributed by atoms with E-state index in [0.717, 1.165) is 30.6 Å². The Labute approximate surface area is 81.5 Å². The van der Waals surface area contributed by atoms with Crippen molar-refractivity contribution in [3.63, 3.8) is 0 Å². The Hall–Kier alpha value is -0.0400. The topological polar surface area (TPSA) is 20.2 Å². The van der Waals surface area contributed by atoms with Crippen LogP contribution in [0.15, 0.2) is 0 Å². The molecule has 0 radical (unpaired) electrons. The van der Waals surface area contributed by atoms with Gasteiger partial charge < -0.3 is 5.11 Å². The number of rotatable bonds is 3. The normalized spacial score (nSPS) is 47.1. The zero-order chi connectivity index (χ0) is 9.64. The average molecular weight is 182 g/mol. The number of hydrogen-bond acceptors (Lipinski definition) is 1. The highest BCUT2D eigenvalue weighted by Gasteiger charge is 2.56. The summed E-state index contributed by atoms with van der Waals surface area (Å²) in [5.74, 6) is 3.33. The maximum atomic E-state index is 10.3. The van der Waals surface area contributed by atoms with E-state index in [0.29, 0.717) is 5.92 Å². The van der Waals surface area contributed by atoms with Gasteiger partial charge in [-0.1, -0.05) is 20.3 Å². The monoisotopic (exact) mass is 182 g/mol. The van der Waals surface area contributed by atoms with E-state index in [2.05, 4.69) is 13.8 Å². The highest BCUT2D eigenvalue weighted by molar-refractivity contribution is 5.06. The maximum Gasteiger partial charge on any atom is 0.0650 e. The molecule has 2 aliphatic rings. The lowest BCUT2D eigenvalue weighted by Gasteiger charge is -2.61. The molecule has 2 fully saturated rings. The van der Waals surface area contributed by atoms with Gasteiger partial charge in [0.15, 0.2) is 0 Å². The summed E-state index contributed by atoms with van der Waals surface area (Å²) in [6, 6.07) is 0. The number of aliphatic hydroxyl groups is 1. The smallest absolute Gasteiger partial charge is 0.0650 e. The van der Waals surface area contributed by atoms with Crippen molar-refractivity contribution >= 4 is 0 Å². The maximum absolute atomic E-state index is 10.3. The quantitative estimate of drug-likeness (QED) is 0.711. The van der Waals surface area contributed by atoms with Gasteiger partial charge in [0.1, 0.15) is 0 Å². The van der Waals surface area contributed by atoms with Gasteiger partial charge in [-0.15, -0.1) is 0 Å². The molecule has 0 aromatic carbocycles. The van der Waals surface area contributed by atoms with Gasteiger partial charge in [-0.05, 0) is 49.9 Å². The molecule has 0 saturated heterocycles. The van der Waals surface area contributed by atoms with E-state index in [1.54, 1.807) is 0 Å². The zero-order valence-electron chi connectivity index (χ0n) is 9.09. The molecule has 2 rings (SSSR count). The van der Waals surface area contributed by atoms with Crippen LogP contribution < -0.4 is 0 Å². The van der Waals surface area contributed by atoms with Crippen molar-refractivity contribution in [3.05, 3.63) is 0 Å². The first-order valence-electron chi connectivity index (χ1n) is 5.78. The highest BCUT2D eigenvalue weighted by atomic mass is 16.3. The SMILES string of the molecule is CCCC(C)(O)C1CC2CC(C)C21. The summed E-state index contributed by atoms with van der Waals surface area (Å²) in [4.78, 5) is 0. The summed E-state index contributed by atoms with van der Waals surface area (Å²) in [5, 5.41) is 10.3. The van der Waals surface area contributed by atoms with E-state index in [4.69, 9.17) is 0 Å². The summed E-state index contributed by atoms with van der Waals surface area (Å²) in [6.07, 6.45) is 4.80. The van der Waals surface area contributed by atoms with Gasteiger partial charge in [0.25, 0.3) is 0 Å². The average Bonchev–Trinajstić information content (AvgIpc) is 1.97. The standard InChI is InChI=1S/C12H22O/c1-4-5-12(3,13)10-7-9-6-8(2)11(9)10/h8-11,13H,4-7H2,1-3H3. The summed E-state index contributed by atoms with van der Waals surface area (Å²) < 4.78 is 0. The van der Waals surface area contributed by atoms with Gasteiger partial charge in [-0.2, -0.15) is 0 Å². The van der Waals surface area contributed by atoms with E-state index in [9.17, 15) is 5.11 Å². The van der Waals surface area contributed by atoms with Gasteiger partial charge in [-0.25, -0.2) is 0 Å². The minimum Gasteiger partial charge on any atom is -0.390 e. The lowest BCUT2D eigenvalue weighted by molar-refractivity contribution is -0.174. The predicted molar refractivity (Wildman–Crippen MR) is 54.4 cm³/mol. The Morgan fingerprint density at radius 3 is 2.54 bits per heavy atom. The third kappa shape index (κ3) is 1.32. The number of hydrogen-bond donors (Lipinski definition) is 1. The fourth-order valence-electron chi connectivity index (χ4n) is 3.69. The van der Waals surface area contributed by atoms with Crippen LogP contribution >= 0.6 is 0 Å². The van der Waals surface area contributed by atoms with Crippen LogP contribution in [0.25, 0.3) is 0 Å². The van der Waals surface area contributed by atoms with Crippen molar-refractivity contribution in [3.8, 4) is 0 Å². The first-order chi connectivity index (χ1) is 6.06. The summed E-state index contributed by atoms with van der Waals surface area (Å²) >= 11 is 0. The molecule has 76 valence electrons. The van der Waals surface area contributed by atoms with Gasteiger partial charge >= 0.3 is 0 Å². The molecule has 5 unspecified atom stereocenters. The van der Waals surface area contributed by atoms with Crippen molar-refractivity contribution in [2.24, 2.45) is 23.7 Å². The molecule has 13 heavy (non-hydrogen) atoms. The van der Waals surface area contributed by atoms with Crippen LogP contribution in [0.2, 0.25) is 0 Å². The Morgan fingerprint density at radius 2 is 2.08 bits per heavy atom.